The van der Waals surface area contributed by atoms with Crippen LogP contribution in [0.15, 0.2) is 21.7 Å². The zero-order chi connectivity index (χ0) is 24.4. The van der Waals surface area contributed by atoms with Gasteiger partial charge >= 0.3 is 64.9 Å². The average molecular weight is 514 g/mol. The molecule has 0 aliphatic carbocycles. The number of H-pyrrole nitrogens is 1. The number of aromatic nitrogens is 4. The number of benzene rings is 1. The second-order valence-electron chi connectivity index (χ2n) is 7.01. The van der Waals surface area contributed by atoms with Crippen molar-refractivity contribution >= 4 is 18.9 Å². The van der Waals surface area contributed by atoms with Crippen molar-refractivity contribution in [2.24, 2.45) is 0 Å². The molecular formula is C17H24KN4O10P. The Kier molecular flexibility index (Phi) is 11.1. The van der Waals surface area contributed by atoms with Gasteiger partial charge in [0.25, 0.3) is 5.56 Å². The van der Waals surface area contributed by atoms with E-state index in [9.17, 15) is 24.9 Å². The Morgan fingerprint density at radius 3 is 2.15 bits per heavy atom. The van der Waals surface area contributed by atoms with Gasteiger partial charge in [-0.05, 0) is 37.1 Å². The normalized spacial score (nSPS) is 14.2. The molecule has 16 heteroatoms. The minimum atomic E-state index is -4.64. The molecular weight excluding hydrogens is 490 g/mol. The van der Waals surface area contributed by atoms with Crippen LogP contribution < -0.4 is 62.6 Å². The summed E-state index contributed by atoms with van der Waals surface area (Å²) in [5.41, 5.74) is 1.11. The first kappa shape index (κ1) is 30.1. The molecule has 1 aromatic carbocycles. The molecule has 2 aliphatic rings. The molecule has 178 valence electrons. The molecule has 0 saturated heterocycles. The van der Waals surface area contributed by atoms with Crippen molar-refractivity contribution in [3.05, 3.63) is 44.1 Å². The summed E-state index contributed by atoms with van der Waals surface area (Å²) < 4.78 is 10.3. The van der Waals surface area contributed by atoms with Crippen LogP contribution in [0.1, 0.15) is 12.6 Å². The van der Waals surface area contributed by atoms with Crippen LogP contribution in [0.3, 0.4) is 0 Å². The van der Waals surface area contributed by atoms with Gasteiger partial charge in [-0.2, -0.15) is 4.98 Å². The van der Waals surface area contributed by atoms with Crippen molar-refractivity contribution < 1.29 is 92.5 Å². The molecule has 3 atom stereocenters. The predicted octanol–water partition coefficient (Wildman–Crippen LogP) is -5.54. The van der Waals surface area contributed by atoms with Crippen molar-refractivity contribution in [2.45, 2.75) is 38.7 Å². The number of rotatable bonds is 5. The zero-order valence-corrected chi connectivity index (χ0v) is 22.0. The number of hydrogen-bond donors (Lipinski definition) is 8. The van der Waals surface area contributed by atoms with Gasteiger partial charge in [-0.15, -0.1) is 0 Å². The fourth-order valence-corrected chi connectivity index (χ4v) is 2.89. The SMILES string of the molecule is Cc1cc2nc3c(=O)[nH]c(=O)nc-3n(C[C@H](O)[C@H](O)[C@H](O)CO)c2cc1C.O=P(O)(O)O.[H-].[K+]. The molecule has 1 aromatic rings. The maximum Gasteiger partial charge on any atom is 1.00 e. The first-order chi connectivity index (χ1) is 14.7. The van der Waals surface area contributed by atoms with Gasteiger partial charge in [0, 0.05) is 0 Å². The quantitative estimate of drug-likeness (QED) is 0.0903. The predicted molar refractivity (Wildman–Crippen MR) is 111 cm³/mol. The average Bonchev–Trinajstić information content (AvgIpc) is 2.67. The summed E-state index contributed by atoms with van der Waals surface area (Å²) in [6.45, 7) is 2.73. The summed E-state index contributed by atoms with van der Waals surface area (Å²) >= 11 is 0. The van der Waals surface area contributed by atoms with E-state index < -0.39 is 44.0 Å². The molecule has 0 radical (unpaired) electrons. The van der Waals surface area contributed by atoms with E-state index in [4.69, 9.17) is 24.4 Å². The Hall–Kier alpha value is -0.914. The molecule has 0 fully saturated rings. The van der Waals surface area contributed by atoms with Crippen LogP contribution >= 0.6 is 7.82 Å². The van der Waals surface area contributed by atoms with Crippen molar-refractivity contribution in [1.29, 1.82) is 0 Å². The van der Waals surface area contributed by atoms with Crippen molar-refractivity contribution in [1.82, 2.24) is 19.5 Å². The molecule has 0 aromatic heterocycles. The molecule has 8 N–H and O–H groups in total. The Balaban J connectivity index is 0.00000141. The Morgan fingerprint density at radius 1 is 1.06 bits per heavy atom. The van der Waals surface area contributed by atoms with Gasteiger partial charge in [-0.1, -0.05) is 0 Å². The molecule has 14 nitrogen and oxygen atoms in total. The van der Waals surface area contributed by atoms with Crippen molar-refractivity contribution in [2.75, 3.05) is 6.61 Å². The molecule has 0 spiro atoms. The number of aromatic amines is 1. The van der Waals surface area contributed by atoms with Crippen LogP contribution in [0, 0.1) is 13.8 Å². The molecule has 0 saturated carbocycles. The minimum Gasteiger partial charge on any atom is -1.00 e. The number of aliphatic hydroxyl groups is 4. The monoisotopic (exact) mass is 514 g/mol. The number of aryl methyl sites for hydroxylation is 2. The van der Waals surface area contributed by atoms with Crippen molar-refractivity contribution in [3.8, 4) is 11.5 Å². The molecule has 3 rings (SSSR count). The maximum absolute atomic E-state index is 12.2. The van der Waals surface area contributed by atoms with Gasteiger partial charge in [0.1, 0.15) is 18.3 Å². The molecule has 33 heavy (non-hydrogen) atoms. The van der Waals surface area contributed by atoms with Gasteiger partial charge in [0.05, 0.1) is 24.2 Å². The number of fused-ring (bicyclic) bond motifs is 2. The molecule has 0 bridgehead atoms. The molecule has 0 amide bonds. The number of hydrogen-bond acceptors (Lipinski definition) is 9. The summed E-state index contributed by atoms with van der Waals surface area (Å²) in [4.78, 5) is 55.6. The fraction of sp³-hybridized carbons (Fsp3) is 0.412. The standard InChI is InChI=1S/C17H20N4O6.K.H3O4P.H/c1-7-3-9-10(4-8(7)2)21(5-11(23)14(25)12(24)6-22)15-13(18-9)16(26)20-17(27)19-15;;1-5(2,3)4;/h3-4,11-12,14,22-25H,5-6H2,1-2H3,(H,20,26,27);;(H3,1,2,3,4);/q;+1;;-1/t11-,12+,14-;;;/m0.../s1. The fourth-order valence-electron chi connectivity index (χ4n) is 2.89. The smallest absolute Gasteiger partial charge is 1.00 e. The molecule has 2 aliphatic heterocycles. The summed E-state index contributed by atoms with van der Waals surface area (Å²) in [5.74, 6) is -0.0516. The van der Waals surface area contributed by atoms with Gasteiger partial charge in [0.2, 0.25) is 0 Å². The third-order valence-corrected chi connectivity index (χ3v) is 4.57. The summed E-state index contributed by atoms with van der Waals surface area (Å²) in [7, 11) is -4.64. The van der Waals surface area contributed by atoms with Crippen LogP contribution in [0.4, 0.5) is 0 Å². The Bertz CT molecular complexity index is 1240. The van der Waals surface area contributed by atoms with Gasteiger partial charge in [0.15, 0.2) is 11.5 Å². The molecule has 0 unspecified atom stereocenters. The van der Waals surface area contributed by atoms with E-state index in [1.807, 2.05) is 13.8 Å². The Labute approximate surface area is 230 Å². The second-order valence-corrected chi connectivity index (χ2v) is 8.04. The third-order valence-electron chi connectivity index (χ3n) is 4.57. The maximum atomic E-state index is 12.2. The minimum absolute atomic E-state index is 0. The van der Waals surface area contributed by atoms with E-state index in [0.717, 1.165) is 11.1 Å². The van der Waals surface area contributed by atoms with Crippen LogP contribution in [-0.4, -0.2) is 79.5 Å². The summed E-state index contributed by atoms with van der Waals surface area (Å²) in [6, 6.07) is 3.53. The number of nitrogens with zero attached hydrogens (tertiary/aromatic N) is 3. The van der Waals surface area contributed by atoms with Crippen LogP contribution in [0.5, 0.6) is 0 Å². The van der Waals surface area contributed by atoms with Crippen LogP contribution in [0.2, 0.25) is 0 Å². The first-order valence-corrected chi connectivity index (χ1v) is 10.6. The third kappa shape index (κ3) is 8.07. The topological polar surface area (TPSA) is 239 Å². The van der Waals surface area contributed by atoms with E-state index in [1.54, 1.807) is 12.1 Å². The molecule has 2 heterocycles. The largest absolute Gasteiger partial charge is 1.00 e. The van der Waals surface area contributed by atoms with Crippen LogP contribution in [0.25, 0.3) is 22.6 Å². The van der Waals surface area contributed by atoms with Gasteiger partial charge < -0.3 is 41.1 Å². The van der Waals surface area contributed by atoms with E-state index in [-0.39, 0.29) is 70.9 Å². The van der Waals surface area contributed by atoms with E-state index >= 15 is 0 Å². The zero-order valence-electron chi connectivity index (χ0n) is 18.9. The van der Waals surface area contributed by atoms with Crippen molar-refractivity contribution in [3.63, 3.8) is 0 Å². The second kappa shape index (κ2) is 12.2. The van der Waals surface area contributed by atoms with E-state index in [2.05, 4.69) is 15.0 Å². The number of nitrogens with one attached hydrogen (secondary N) is 1. The number of aliphatic hydroxyl groups excluding tert-OH is 4. The van der Waals surface area contributed by atoms with Crippen LogP contribution in [-0.2, 0) is 11.1 Å². The van der Waals surface area contributed by atoms with Gasteiger partial charge in [-0.3, -0.25) is 9.78 Å². The summed E-state index contributed by atoms with van der Waals surface area (Å²) in [6.07, 6.45) is -4.68. The van der Waals surface area contributed by atoms with E-state index in [1.165, 1.54) is 4.57 Å². The first-order valence-electron chi connectivity index (χ1n) is 9.08. The number of phosphoric acid groups is 1. The van der Waals surface area contributed by atoms with Gasteiger partial charge in [-0.25, -0.2) is 14.3 Å². The summed E-state index contributed by atoms with van der Waals surface area (Å²) in [5, 5.41) is 38.8. The Morgan fingerprint density at radius 2 is 1.61 bits per heavy atom. The van der Waals surface area contributed by atoms with E-state index in [0.29, 0.717) is 11.0 Å².